The van der Waals surface area contributed by atoms with Gasteiger partial charge in [0.05, 0.1) is 20.3 Å². The summed E-state index contributed by atoms with van der Waals surface area (Å²) in [6.45, 7) is 3.18. The molecule has 166 valence electrons. The Kier molecular flexibility index (Phi) is 6.68. The number of methoxy groups -OCH3 is 2. The molecule has 1 amide bonds. The molecule has 0 fully saturated rings. The number of carbonyl (C=O) groups is 1. The van der Waals surface area contributed by atoms with E-state index >= 15 is 0 Å². The van der Waals surface area contributed by atoms with Crippen LogP contribution < -0.4 is 14.8 Å². The molecule has 0 saturated carbocycles. The molecule has 5 nitrogen and oxygen atoms in total. The lowest BCUT2D eigenvalue weighted by Gasteiger charge is -2.38. The molecule has 1 aliphatic rings. The van der Waals surface area contributed by atoms with Gasteiger partial charge in [0.25, 0.3) is 0 Å². The van der Waals surface area contributed by atoms with Crippen molar-refractivity contribution in [3.05, 3.63) is 87.9 Å². The van der Waals surface area contributed by atoms with Gasteiger partial charge >= 0.3 is 0 Å². The van der Waals surface area contributed by atoms with Crippen LogP contribution in [0.15, 0.2) is 60.7 Å². The molecule has 0 bridgehead atoms. The molecule has 0 aliphatic carbocycles. The number of ether oxygens (including phenoxy) is 2. The van der Waals surface area contributed by atoms with Crippen molar-refractivity contribution in [2.45, 2.75) is 25.9 Å². The van der Waals surface area contributed by atoms with Crippen molar-refractivity contribution in [2.75, 3.05) is 26.1 Å². The van der Waals surface area contributed by atoms with Crippen molar-refractivity contribution in [3.63, 3.8) is 0 Å². The third-order valence-electron chi connectivity index (χ3n) is 5.80. The molecule has 1 aliphatic heterocycles. The normalized spacial score (nSPS) is 15.7. The highest BCUT2D eigenvalue weighted by atomic mass is 35.5. The number of hydrogen-bond donors (Lipinski definition) is 1. The molecule has 4 rings (SSSR count). The Hall–Kier alpha value is -3.02. The summed E-state index contributed by atoms with van der Waals surface area (Å²) in [5.74, 6) is 1.40. The number of rotatable bonds is 6. The fraction of sp³-hybridized carbons (Fsp3) is 0.269. The lowest BCUT2D eigenvalue weighted by molar-refractivity contribution is -0.114. The molecular weight excluding hydrogens is 424 g/mol. The molecule has 6 heteroatoms. The molecule has 3 aromatic rings. The summed E-state index contributed by atoms with van der Waals surface area (Å²) in [6.07, 6.45) is 0.913. The van der Waals surface area contributed by atoms with E-state index < -0.39 is 0 Å². The van der Waals surface area contributed by atoms with Crippen molar-refractivity contribution in [1.82, 2.24) is 4.90 Å². The summed E-state index contributed by atoms with van der Waals surface area (Å²) in [5.41, 5.74) is 5.57. The van der Waals surface area contributed by atoms with Crippen molar-refractivity contribution >= 4 is 23.2 Å². The van der Waals surface area contributed by atoms with Gasteiger partial charge < -0.3 is 14.8 Å². The Morgan fingerprint density at radius 2 is 1.78 bits per heavy atom. The molecule has 3 aromatic carbocycles. The number of amides is 1. The van der Waals surface area contributed by atoms with Crippen molar-refractivity contribution in [1.29, 1.82) is 0 Å². The largest absolute Gasteiger partial charge is 0.493 e. The predicted octanol–water partition coefficient (Wildman–Crippen LogP) is 5.46. The lowest BCUT2D eigenvalue weighted by atomic mass is 9.87. The van der Waals surface area contributed by atoms with Crippen molar-refractivity contribution in [2.24, 2.45) is 0 Å². The molecule has 1 atom stereocenters. The molecule has 0 radical (unpaired) electrons. The van der Waals surface area contributed by atoms with E-state index in [2.05, 4.69) is 40.5 Å². The van der Waals surface area contributed by atoms with E-state index in [1.807, 2.05) is 30.3 Å². The summed E-state index contributed by atoms with van der Waals surface area (Å²) >= 11 is 6.37. The number of halogens is 1. The Morgan fingerprint density at radius 1 is 1.06 bits per heavy atom. The summed E-state index contributed by atoms with van der Waals surface area (Å²) in [4.78, 5) is 13.8. The maximum atomic E-state index is 11.3. The van der Waals surface area contributed by atoms with Gasteiger partial charge in [0.1, 0.15) is 0 Å². The van der Waals surface area contributed by atoms with Gasteiger partial charge in [-0.25, -0.2) is 0 Å². The second kappa shape index (κ2) is 9.63. The van der Waals surface area contributed by atoms with E-state index in [1.165, 1.54) is 23.6 Å². The van der Waals surface area contributed by atoms with Crippen LogP contribution in [0.4, 0.5) is 5.69 Å². The first-order valence-corrected chi connectivity index (χ1v) is 11.0. The number of fused-ring (bicyclic) bond motifs is 1. The second-order valence-corrected chi connectivity index (χ2v) is 8.40. The second-order valence-electron chi connectivity index (χ2n) is 7.96. The van der Waals surface area contributed by atoms with Crippen LogP contribution in [0.25, 0.3) is 0 Å². The third-order valence-corrected chi connectivity index (χ3v) is 6.03. The van der Waals surface area contributed by atoms with E-state index in [1.54, 1.807) is 14.2 Å². The number of carbonyl (C=O) groups excluding carboxylic acids is 1. The predicted molar refractivity (Wildman–Crippen MR) is 128 cm³/mol. The van der Waals surface area contributed by atoms with Crippen LogP contribution in [0.2, 0.25) is 5.02 Å². The minimum Gasteiger partial charge on any atom is -0.493 e. The van der Waals surface area contributed by atoms with Crippen molar-refractivity contribution < 1.29 is 14.3 Å². The lowest BCUT2D eigenvalue weighted by Crippen LogP contribution is -2.35. The van der Waals surface area contributed by atoms with E-state index in [-0.39, 0.29) is 11.9 Å². The van der Waals surface area contributed by atoms with Gasteiger partial charge in [-0.2, -0.15) is 0 Å². The summed E-state index contributed by atoms with van der Waals surface area (Å²) in [7, 11) is 3.33. The monoisotopic (exact) mass is 450 g/mol. The highest BCUT2D eigenvalue weighted by molar-refractivity contribution is 6.30. The van der Waals surface area contributed by atoms with Crippen LogP contribution in [0.1, 0.15) is 35.2 Å². The maximum Gasteiger partial charge on any atom is 0.221 e. The van der Waals surface area contributed by atoms with Crippen LogP contribution in [0, 0.1) is 0 Å². The van der Waals surface area contributed by atoms with Gasteiger partial charge in [0.2, 0.25) is 5.91 Å². The fourth-order valence-corrected chi connectivity index (χ4v) is 4.57. The zero-order chi connectivity index (χ0) is 22.7. The highest BCUT2D eigenvalue weighted by Crippen LogP contribution is 2.42. The summed E-state index contributed by atoms with van der Waals surface area (Å²) in [5, 5.41) is 3.54. The number of anilines is 1. The minimum absolute atomic E-state index is 0.0345. The van der Waals surface area contributed by atoms with Gasteiger partial charge in [-0.15, -0.1) is 0 Å². The standard InChI is InChI=1S/C26H27ClN2O3/c1-17(30)28-22-9-7-18(8-10-22)16-29-12-11-19-14-24(31-2)25(32-3)15-23(19)26(29)20-5-4-6-21(27)13-20/h4-10,13-15,26H,11-12,16H2,1-3H3,(H,28,30). The molecular formula is C26H27ClN2O3. The Morgan fingerprint density at radius 3 is 2.44 bits per heavy atom. The molecule has 1 unspecified atom stereocenters. The zero-order valence-corrected chi connectivity index (χ0v) is 19.3. The number of nitrogens with zero attached hydrogens (tertiary/aromatic N) is 1. The Balaban J connectivity index is 1.71. The van der Waals surface area contributed by atoms with Crippen molar-refractivity contribution in [3.8, 4) is 11.5 Å². The average molecular weight is 451 g/mol. The van der Waals surface area contributed by atoms with Gasteiger partial charge in [0, 0.05) is 30.7 Å². The molecule has 0 spiro atoms. The summed E-state index contributed by atoms with van der Waals surface area (Å²) < 4.78 is 11.1. The first kappa shape index (κ1) is 22.2. The molecule has 1 heterocycles. The third kappa shape index (κ3) is 4.74. The quantitative estimate of drug-likeness (QED) is 0.541. The van der Waals surface area contributed by atoms with E-state index in [0.717, 1.165) is 47.3 Å². The zero-order valence-electron chi connectivity index (χ0n) is 18.5. The maximum absolute atomic E-state index is 11.3. The van der Waals surface area contributed by atoms with Crippen LogP contribution in [0.5, 0.6) is 11.5 Å². The highest BCUT2D eigenvalue weighted by Gasteiger charge is 2.30. The molecule has 32 heavy (non-hydrogen) atoms. The fourth-order valence-electron chi connectivity index (χ4n) is 4.37. The topological polar surface area (TPSA) is 50.8 Å². The molecule has 1 N–H and O–H groups in total. The van der Waals surface area contributed by atoms with E-state index in [9.17, 15) is 4.79 Å². The van der Waals surface area contributed by atoms with Gasteiger partial charge in [-0.3, -0.25) is 9.69 Å². The summed E-state index contributed by atoms with van der Waals surface area (Å²) in [6, 6.07) is 20.3. The van der Waals surface area contributed by atoms with Gasteiger partial charge in [0.15, 0.2) is 11.5 Å². The number of benzene rings is 3. The smallest absolute Gasteiger partial charge is 0.221 e. The first-order valence-electron chi connectivity index (χ1n) is 10.6. The average Bonchev–Trinajstić information content (AvgIpc) is 2.79. The minimum atomic E-state index is -0.0733. The SMILES string of the molecule is COc1cc2c(cc1OC)C(c1cccc(Cl)c1)N(Cc1ccc(NC(C)=O)cc1)CC2. The van der Waals surface area contributed by atoms with Crippen LogP contribution in [0.3, 0.4) is 0 Å². The first-order chi connectivity index (χ1) is 15.5. The molecule has 0 saturated heterocycles. The van der Waals surface area contributed by atoms with Gasteiger partial charge in [-0.1, -0.05) is 35.9 Å². The Labute approximate surface area is 193 Å². The molecule has 0 aromatic heterocycles. The van der Waals surface area contributed by atoms with Crippen LogP contribution >= 0.6 is 11.6 Å². The van der Waals surface area contributed by atoms with E-state index in [4.69, 9.17) is 21.1 Å². The number of hydrogen-bond acceptors (Lipinski definition) is 4. The Bertz CT molecular complexity index is 1110. The van der Waals surface area contributed by atoms with E-state index in [0.29, 0.717) is 0 Å². The van der Waals surface area contributed by atoms with Gasteiger partial charge in [-0.05, 0) is 65.1 Å². The van der Waals surface area contributed by atoms with Crippen LogP contribution in [-0.2, 0) is 17.8 Å². The van der Waals surface area contributed by atoms with Crippen LogP contribution in [-0.4, -0.2) is 31.6 Å². The number of nitrogens with one attached hydrogen (secondary N) is 1.